The van der Waals surface area contributed by atoms with Gasteiger partial charge in [0.25, 0.3) is 0 Å². The van der Waals surface area contributed by atoms with Gasteiger partial charge in [-0.3, -0.25) is 0 Å². The number of fused-ring (bicyclic) bond motifs is 9. The Hall–Kier alpha value is -3.85. The maximum atomic E-state index is 10.6. The fourth-order valence-electron chi connectivity index (χ4n) is 5.56. The van der Waals surface area contributed by atoms with E-state index < -0.39 is 11.2 Å². The minimum Gasteiger partial charge on any atom is -0.461 e. The number of aryl methyl sites for hydroxylation is 2. The zero-order valence-corrected chi connectivity index (χ0v) is 23.5. The number of nitrogens with zero attached hydrogens (tertiary/aromatic N) is 1. The van der Waals surface area contributed by atoms with E-state index in [0.717, 1.165) is 86.1 Å². The predicted molar refractivity (Wildman–Crippen MR) is 165 cm³/mol. The van der Waals surface area contributed by atoms with Crippen LogP contribution in [0.4, 0.5) is 0 Å². The number of allylic oxidation sites excluding steroid dienone is 2. The Labute approximate surface area is 236 Å². The Morgan fingerprint density at radius 1 is 0.875 bits per heavy atom. The van der Waals surface area contributed by atoms with Crippen molar-refractivity contribution in [2.24, 2.45) is 0 Å². The van der Waals surface area contributed by atoms with Crippen LogP contribution in [0.15, 0.2) is 65.1 Å². The van der Waals surface area contributed by atoms with E-state index in [2.05, 4.69) is 54.6 Å². The van der Waals surface area contributed by atoms with Crippen LogP contribution in [0, 0.1) is 11.3 Å². The molecule has 2 aliphatic rings. The molecule has 1 N–H and O–H groups in total. The quantitative estimate of drug-likeness (QED) is 0.280. The smallest absolute Gasteiger partial charge is 0.330 e. The first-order chi connectivity index (χ1) is 19.2. The average Bonchev–Trinajstić information content (AvgIpc) is 2.99. The van der Waals surface area contributed by atoms with Crippen molar-refractivity contribution < 1.29 is 14.2 Å². The van der Waals surface area contributed by atoms with Gasteiger partial charge in [-0.25, -0.2) is 0 Å². The van der Waals surface area contributed by atoms with Gasteiger partial charge >= 0.3 is 7.48 Å². The fraction of sp³-hybridized carbons (Fsp3) is 0.286. The summed E-state index contributed by atoms with van der Waals surface area (Å²) in [5, 5.41) is 27.1. The molecule has 0 unspecified atom stereocenters. The third-order valence-electron chi connectivity index (χ3n) is 8.54. The van der Waals surface area contributed by atoms with Gasteiger partial charge in [-0.15, -0.1) is 0 Å². The molecule has 0 aliphatic heterocycles. The molecule has 0 amide bonds. The van der Waals surface area contributed by atoms with E-state index in [4.69, 9.17) is 9.07 Å². The molecule has 0 fully saturated rings. The van der Waals surface area contributed by atoms with Gasteiger partial charge < -0.3 is 14.2 Å². The molecule has 2 aliphatic carbocycles. The lowest BCUT2D eigenvalue weighted by Gasteiger charge is -2.37. The van der Waals surface area contributed by atoms with Crippen LogP contribution >= 0.6 is 0 Å². The van der Waals surface area contributed by atoms with Crippen molar-refractivity contribution in [2.45, 2.75) is 64.6 Å². The van der Waals surface area contributed by atoms with Gasteiger partial charge in [-0.2, -0.15) is 5.26 Å². The molecule has 4 aromatic rings. The lowest BCUT2D eigenvalue weighted by Crippen LogP contribution is -2.49. The highest BCUT2D eigenvalue weighted by atomic mass is 16.5. The Kier molecular flexibility index (Phi) is 6.57. The Bertz CT molecular complexity index is 1830. The van der Waals surface area contributed by atoms with Crippen molar-refractivity contribution in [1.29, 1.82) is 5.26 Å². The molecular formula is C35H33BNO3. The van der Waals surface area contributed by atoms with E-state index in [1.165, 1.54) is 0 Å². The monoisotopic (exact) mass is 526 g/mol. The topological polar surface area (TPSA) is 66.4 Å². The summed E-state index contributed by atoms with van der Waals surface area (Å²) in [6.07, 6.45) is 12.1. The van der Waals surface area contributed by atoms with E-state index in [-0.39, 0.29) is 0 Å². The SMILES string of the molecule is CC(C)(O)C(C)(C)O[B]c1ccc2c(c1)c1c(oc3c(c4cc(C#N)c5ccccc5c42)C=CCC3)C=CCC1. The summed E-state index contributed by atoms with van der Waals surface area (Å²) in [5.41, 5.74) is 1.98. The summed E-state index contributed by atoms with van der Waals surface area (Å²) < 4.78 is 12.9. The van der Waals surface area contributed by atoms with E-state index in [1.807, 2.05) is 38.1 Å². The lowest BCUT2D eigenvalue weighted by molar-refractivity contribution is -0.0893. The minimum atomic E-state index is -1.02. The molecule has 1 aromatic heterocycles. The first-order valence-electron chi connectivity index (χ1n) is 14.0. The standard InChI is InChI=1S/C35H33BNO3/c1-34(2,38)35(3,4)40-36-23-17-18-28-29(20-23)25-12-7-9-15-31(25)39-32-16-10-8-13-26(32)30-19-22(21-37)24-11-5-6-14-27(24)33(28)30/h5-6,8-9,11,13-15,17-20,38H,7,10,12,16H2,1-4H3. The molecule has 5 heteroatoms. The van der Waals surface area contributed by atoms with Crippen molar-refractivity contribution in [2.75, 3.05) is 0 Å². The van der Waals surface area contributed by atoms with Crippen LogP contribution in [-0.4, -0.2) is 23.8 Å². The highest BCUT2D eigenvalue weighted by Crippen LogP contribution is 2.39. The largest absolute Gasteiger partial charge is 0.461 e. The summed E-state index contributed by atoms with van der Waals surface area (Å²) in [7, 11) is 1.74. The van der Waals surface area contributed by atoms with Gasteiger partial charge in [0.15, 0.2) is 0 Å². The predicted octanol–water partition coefficient (Wildman–Crippen LogP) is 7.46. The molecule has 0 atom stereocenters. The molecule has 1 heterocycles. The van der Waals surface area contributed by atoms with E-state index in [0.29, 0.717) is 5.56 Å². The maximum Gasteiger partial charge on any atom is 0.330 e. The summed E-state index contributed by atoms with van der Waals surface area (Å²) in [6.45, 7) is 7.30. The average molecular weight is 526 g/mol. The van der Waals surface area contributed by atoms with Crippen LogP contribution < -0.4 is 5.46 Å². The van der Waals surface area contributed by atoms with Crippen LogP contribution in [0.1, 0.15) is 68.7 Å². The number of benzene rings is 3. The van der Waals surface area contributed by atoms with Crippen molar-refractivity contribution >= 4 is 57.4 Å². The van der Waals surface area contributed by atoms with Gasteiger partial charge in [0.1, 0.15) is 11.5 Å². The molecule has 0 spiro atoms. The number of rotatable bonds is 4. The van der Waals surface area contributed by atoms with Crippen LogP contribution in [-0.2, 0) is 17.5 Å². The van der Waals surface area contributed by atoms with E-state index in [1.54, 1.807) is 21.3 Å². The summed E-state index contributed by atoms with van der Waals surface area (Å²) in [6, 6.07) is 19.1. The number of aliphatic hydroxyl groups is 1. The molecule has 1 radical (unpaired) electrons. The van der Waals surface area contributed by atoms with Gasteiger partial charge in [0.2, 0.25) is 0 Å². The van der Waals surface area contributed by atoms with Crippen LogP contribution in [0.25, 0.3) is 44.5 Å². The second-order valence-corrected chi connectivity index (χ2v) is 11.8. The first-order valence-corrected chi connectivity index (χ1v) is 14.0. The molecular weight excluding hydrogens is 493 g/mol. The Balaban J connectivity index is 1.76. The van der Waals surface area contributed by atoms with Gasteiger partial charge in [0, 0.05) is 22.9 Å². The second kappa shape index (κ2) is 9.96. The van der Waals surface area contributed by atoms with Crippen LogP contribution in [0.3, 0.4) is 0 Å². The Morgan fingerprint density at radius 2 is 1.60 bits per heavy atom. The van der Waals surface area contributed by atoms with Crippen molar-refractivity contribution in [1.82, 2.24) is 0 Å². The Morgan fingerprint density at radius 3 is 2.38 bits per heavy atom. The zero-order valence-electron chi connectivity index (χ0n) is 23.5. The molecule has 4 nitrogen and oxygen atoms in total. The van der Waals surface area contributed by atoms with Gasteiger partial charge in [0.05, 0.1) is 22.8 Å². The summed E-state index contributed by atoms with van der Waals surface area (Å²) in [5.74, 6) is 1.82. The van der Waals surface area contributed by atoms with Crippen molar-refractivity contribution in [3.8, 4) is 6.07 Å². The molecule has 0 bridgehead atoms. The maximum absolute atomic E-state index is 10.6. The van der Waals surface area contributed by atoms with Crippen molar-refractivity contribution in [3.05, 3.63) is 88.9 Å². The fourth-order valence-corrected chi connectivity index (χ4v) is 5.56. The minimum absolute atomic E-state index is 0.658. The third-order valence-corrected chi connectivity index (χ3v) is 8.54. The van der Waals surface area contributed by atoms with Crippen molar-refractivity contribution in [3.63, 3.8) is 0 Å². The first kappa shape index (κ1) is 26.4. The highest BCUT2D eigenvalue weighted by molar-refractivity contribution is 6.47. The number of hydrogen-bond acceptors (Lipinski definition) is 4. The molecule has 40 heavy (non-hydrogen) atoms. The molecule has 0 saturated heterocycles. The normalized spacial score (nSPS) is 14.6. The number of hydrogen-bond donors (Lipinski definition) is 1. The third kappa shape index (κ3) is 4.52. The zero-order chi connectivity index (χ0) is 28.1. The van der Waals surface area contributed by atoms with E-state index >= 15 is 0 Å². The lowest BCUT2D eigenvalue weighted by atomic mass is 9.81. The summed E-state index contributed by atoms with van der Waals surface area (Å²) in [4.78, 5) is 0. The van der Waals surface area contributed by atoms with Crippen LogP contribution in [0.2, 0.25) is 0 Å². The molecule has 6 rings (SSSR count). The molecule has 3 aromatic carbocycles. The van der Waals surface area contributed by atoms with Gasteiger partial charge in [-0.1, -0.05) is 66.2 Å². The summed E-state index contributed by atoms with van der Waals surface area (Å²) >= 11 is 0. The second-order valence-electron chi connectivity index (χ2n) is 11.8. The van der Waals surface area contributed by atoms with Crippen LogP contribution in [0.5, 0.6) is 0 Å². The van der Waals surface area contributed by atoms with Gasteiger partial charge in [-0.05, 0) is 86.0 Å². The number of nitriles is 1. The highest BCUT2D eigenvalue weighted by Gasteiger charge is 2.35. The molecule has 199 valence electrons. The van der Waals surface area contributed by atoms with E-state index in [9.17, 15) is 10.4 Å². The molecule has 0 saturated carbocycles.